The van der Waals surface area contributed by atoms with E-state index in [4.69, 9.17) is 0 Å². The molecule has 28 heavy (non-hydrogen) atoms. The van der Waals surface area contributed by atoms with Crippen LogP contribution < -0.4 is 4.90 Å². The second kappa shape index (κ2) is 6.98. The highest BCUT2D eigenvalue weighted by molar-refractivity contribution is 5.95. The van der Waals surface area contributed by atoms with Crippen molar-refractivity contribution in [2.24, 2.45) is 0 Å². The number of nitro groups is 1. The van der Waals surface area contributed by atoms with Crippen molar-refractivity contribution in [3.63, 3.8) is 0 Å². The molecule has 0 spiro atoms. The molecule has 3 rings (SSSR count). The molecule has 12 heteroatoms. The Balaban J connectivity index is 1.90. The fraction of sp³-hybridized carbons (Fsp3) is 0.0625. The van der Waals surface area contributed by atoms with Crippen molar-refractivity contribution in [2.75, 3.05) is 4.90 Å². The maximum Gasteiger partial charge on any atom is 0.471 e. The molecule has 0 saturated heterocycles. The van der Waals surface area contributed by atoms with Gasteiger partial charge >= 0.3 is 18.2 Å². The predicted octanol–water partition coefficient (Wildman–Crippen LogP) is 4.48. The Morgan fingerprint density at radius 1 is 1.07 bits per heavy atom. The first-order chi connectivity index (χ1) is 13.2. The van der Waals surface area contributed by atoms with E-state index in [0.717, 1.165) is 17.0 Å². The molecule has 1 heterocycles. The third-order valence-electron chi connectivity index (χ3n) is 3.56. The van der Waals surface area contributed by atoms with Crippen LogP contribution in [0.4, 0.5) is 35.0 Å². The summed E-state index contributed by atoms with van der Waals surface area (Å²) >= 11 is 0. The van der Waals surface area contributed by atoms with Crippen LogP contribution in [0.2, 0.25) is 0 Å². The van der Waals surface area contributed by atoms with E-state index >= 15 is 0 Å². The highest BCUT2D eigenvalue weighted by Gasteiger charge is 2.38. The van der Waals surface area contributed by atoms with E-state index in [2.05, 4.69) is 14.7 Å². The van der Waals surface area contributed by atoms with Crippen molar-refractivity contribution >= 4 is 23.2 Å². The Bertz CT molecular complexity index is 1020. The minimum atomic E-state index is -4.78. The quantitative estimate of drug-likeness (QED) is 0.511. The summed E-state index contributed by atoms with van der Waals surface area (Å²) in [6, 6.07) is 10.1. The van der Waals surface area contributed by atoms with Crippen molar-refractivity contribution < 1.29 is 32.5 Å². The summed E-state index contributed by atoms with van der Waals surface area (Å²) in [7, 11) is 0. The Morgan fingerprint density at radius 3 is 2.04 bits per heavy atom. The molecule has 144 valence electrons. The summed E-state index contributed by atoms with van der Waals surface area (Å²) < 4.78 is 41.7. The zero-order valence-electron chi connectivity index (χ0n) is 13.6. The molecule has 1 N–H and O–H groups in total. The summed E-state index contributed by atoms with van der Waals surface area (Å²) in [6.45, 7) is 0. The third kappa shape index (κ3) is 3.75. The predicted molar refractivity (Wildman–Crippen MR) is 88.0 cm³/mol. The van der Waals surface area contributed by atoms with E-state index in [9.17, 15) is 33.2 Å². The number of nitrogens with zero attached hydrogens (tertiary/aromatic N) is 4. The Kier molecular flexibility index (Phi) is 4.69. The molecule has 0 aliphatic rings. The number of non-ortho nitro benzene ring substituents is 1. The summed E-state index contributed by atoms with van der Waals surface area (Å²) in [5.41, 5.74) is 0.272. The van der Waals surface area contributed by atoms with Gasteiger partial charge in [0.05, 0.1) is 16.3 Å². The fourth-order valence-corrected chi connectivity index (χ4v) is 2.31. The van der Waals surface area contributed by atoms with Crippen LogP contribution in [0.5, 0.6) is 0 Å². The molecule has 2 aromatic carbocycles. The number of amides is 1. The van der Waals surface area contributed by atoms with Gasteiger partial charge in [0.2, 0.25) is 5.82 Å². The number of rotatable bonds is 4. The van der Waals surface area contributed by atoms with Gasteiger partial charge in [-0.3, -0.25) is 10.1 Å². The van der Waals surface area contributed by atoms with Gasteiger partial charge in [0.1, 0.15) is 0 Å². The molecule has 0 saturated carbocycles. The van der Waals surface area contributed by atoms with Crippen LogP contribution in [0.15, 0.2) is 53.1 Å². The van der Waals surface area contributed by atoms with Crippen LogP contribution >= 0.6 is 0 Å². The number of carboxylic acid groups (broad SMARTS) is 1. The summed E-state index contributed by atoms with van der Waals surface area (Å²) in [5.74, 6) is -1.80. The molecule has 0 fully saturated rings. The first-order valence-corrected chi connectivity index (χ1v) is 7.45. The molecule has 9 nitrogen and oxygen atoms in total. The minimum absolute atomic E-state index is 0.143. The number of anilines is 2. The summed E-state index contributed by atoms with van der Waals surface area (Å²) in [4.78, 5) is 25.8. The molecule has 3 aromatic rings. The van der Waals surface area contributed by atoms with E-state index in [0.29, 0.717) is 0 Å². The van der Waals surface area contributed by atoms with E-state index in [1.807, 2.05) is 0 Å². The number of aromatic nitrogens is 2. The normalized spacial score (nSPS) is 11.2. The molecule has 1 aromatic heterocycles. The lowest BCUT2D eigenvalue weighted by Gasteiger charge is -2.19. The van der Waals surface area contributed by atoms with Gasteiger partial charge in [0.25, 0.3) is 5.69 Å². The number of carbonyl (C=O) groups is 1. The van der Waals surface area contributed by atoms with Crippen molar-refractivity contribution in [3.8, 4) is 11.4 Å². The lowest BCUT2D eigenvalue weighted by Crippen LogP contribution is -2.23. The lowest BCUT2D eigenvalue weighted by atomic mass is 10.1. The van der Waals surface area contributed by atoms with Crippen LogP contribution in [0.1, 0.15) is 5.89 Å². The van der Waals surface area contributed by atoms with Gasteiger partial charge < -0.3 is 9.63 Å². The van der Waals surface area contributed by atoms with E-state index in [1.165, 1.54) is 36.4 Å². The van der Waals surface area contributed by atoms with Gasteiger partial charge in [-0.1, -0.05) is 5.16 Å². The second-order valence-corrected chi connectivity index (χ2v) is 5.36. The van der Waals surface area contributed by atoms with Gasteiger partial charge in [-0.25, -0.2) is 9.69 Å². The van der Waals surface area contributed by atoms with Crippen molar-refractivity contribution in [1.29, 1.82) is 0 Å². The van der Waals surface area contributed by atoms with E-state index in [1.54, 1.807) is 0 Å². The van der Waals surface area contributed by atoms with Crippen molar-refractivity contribution in [1.82, 2.24) is 10.1 Å². The van der Waals surface area contributed by atoms with Crippen LogP contribution in [0.25, 0.3) is 11.4 Å². The van der Waals surface area contributed by atoms with Gasteiger partial charge in [-0.05, 0) is 36.4 Å². The molecule has 0 aliphatic heterocycles. The first-order valence-electron chi connectivity index (χ1n) is 7.45. The third-order valence-corrected chi connectivity index (χ3v) is 3.56. The molecule has 0 unspecified atom stereocenters. The highest BCUT2D eigenvalue weighted by Crippen LogP contribution is 2.31. The van der Waals surface area contributed by atoms with Gasteiger partial charge in [0.15, 0.2) is 0 Å². The second-order valence-electron chi connectivity index (χ2n) is 5.36. The van der Waals surface area contributed by atoms with Gasteiger partial charge in [0, 0.05) is 17.7 Å². The van der Waals surface area contributed by atoms with Crippen LogP contribution in [0, 0.1) is 10.1 Å². The number of hydrogen-bond donors (Lipinski definition) is 1. The Morgan fingerprint density at radius 2 is 1.61 bits per heavy atom. The molecule has 0 bridgehead atoms. The zero-order chi connectivity index (χ0) is 20.5. The van der Waals surface area contributed by atoms with Gasteiger partial charge in [-0.15, -0.1) is 0 Å². The largest absolute Gasteiger partial charge is 0.471 e. The molecule has 0 atom stereocenters. The molecule has 1 amide bonds. The number of nitro benzene ring substituents is 1. The Hall–Kier alpha value is -3.96. The summed E-state index contributed by atoms with van der Waals surface area (Å²) in [6.07, 6.45) is -6.14. The van der Waals surface area contributed by atoms with Crippen LogP contribution in [-0.2, 0) is 6.18 Å². The fourth-order valence-electron chi connectivity index (χ4n) is 2.31. The maximum absolute atomic E-state index is 12.5. The number of benzene rings is 2. The standard InChI is InChI=1S/C16H9F3N4O5/c17-16(18,19)14-20-13(21-28-14)9-1-3-10(4-2-9)22(15(24)25)11-5-7-12(8-6-11)23(26)27/h1-8H,(H,24,25). The average Bonchev–Trinajstić information content (AvgIpc) is 3.13. The number of halogens is 3. The molecular formula is C16H9F3N4O5. The van der Waals surface area contributed by atoms with E-state index in [-0.39, 0.29) is 28.5 Å². The van der Waals surface area contributed by atoms with Crippen molar-refractivity contribution in [2.45, 2.75) is 6.18 Å². The highest BCUT2D eigenvalue weighted by atomic mass is 19.4. The lowest BCUT2D eigenvalue weighted by molar-refractivity contribution is -0.384. The zero-order valence-corrected chi connectivity index (χ0v) is 13.6. The maximum atomic E-state index is 12.5. The van der Waals surface area contributed by atoms with Crippen LogP contribution in [0.3, 0.4) is 0 Å². The SMILES string of the molecule is O=C(O)N(c1ccc(-c2noc(C(F)(F)F)n2)cc1)c1ccc([N+](=O)[O-])cc1. The smallest absolute Gasteiger partial charge is 0.464 e. The first kappa shape index (κ1) is 18.8. The monoisotopic (exact) mass is 394 g/mol. The average molecular weight is 394 g/mol. The van der Waals surface area contributed by atoms with Crippen LogP contribution in [-0.4, -0.2) is 26.3 Å². The molecule has 0 radical (unpaired) electrons. The minimum Gasteiger partial charge on any atom is -0.464 e. The topological polar surface area (TPSA) is 123 Å². The molecule has 0 aliphatic carbocycles. The summed E-state index contributed by atoms with van der Waals surface area (Å²) in [5, 5.41) is 23.4. The van der Waals surface area contributed by atoms with Gasteiger partial charge in [-0.2, -0.15) is 18.2 Å². The van der Waals surface area contributed by atoms with E-state index < -0.39 is 23.1 Å². The number of alkyl halides is 3. The van der Waals surface area contributed by atoms with Crippen molar-refractivity contribution in [3.05, 3.63) is 64.5 Å². The Labute approximate surface area is 153 Å². The number of hydrogen-bond acceptors (Lipinski definition) is 6. The molecular weight excluding hydrogens is 385 g/mol.